The van der Waals surface area contributed by atoms with Crippen molar-refractivity contribution in [1.29, 1.82) is 0 Å². The van der Waals surface area contributed by atoms with Crippen molar-refractivity contribution < 1.29 is 0 Å². The number of anilines is 1. The number of nitrogens with one attached hydrogen (secondary N) is 1. The lowest BCUT2D eigenvalue weighted by molar-refractivity contribution is 0.720. The normalized spacial score (nSPS) is 20.4. The van der Waals surface area contributed by atoms with Gasteiger partial charge in [-0.3, -0.25) is 4.99 Å². The molecule has 86 valence electrons. The van der Waals surface area contributed by atoms with Gasteiger partial charge >= 0.3 is 0 Å². The number of hydrogen-bond donors (Lipinski definition) is 1. The fraction of sp³-hybridized carbons (Fsp3) is 0.462. The van der Waals surface area contributed by atoms with E-state index in [2.05, 4.69) is 48.4 Å². The van der Waals surface area contributed by atoms with Gasteiger partial charge < -0.3 is 5.32 Å². The highest BCUT2D eigenvalue weighted by Gasteiger charge is 2.12. The fourth-order valence-corrected chi connectivity index (χ4v) is 2.85. The molecule has 1 atom stereocenters. The molecule has 0 amide bonds. The van der Waals surface area contributed by atoms with Crippen LogP contribution in [0, 0.1) is 0 Å². The first kappa shape index (κ1) is 11.5. The second-order valence-corrected chi connectivity index (χ2v) is 5.14. The highest BCUT2D eigenvalue weighted by molar-refractivity contribution is 8.14. The van der Waals surface area contributed by atoms with Crippen LogP contribution in [0.1, 0.15) is 25.8 Å². The largest absolute Gasteiger partial charge is 0.335 e. The Kier molecular flexibility index (Phi) is 3.88. The molecule has 0 fully saturated rings. The van der Waals surface area contributed by atoms with Gasteiger partial charge in [0.15, 0.2) is 5.17 Å². The molecule has 1 aromatic carbocycles. The monoisotopic (exact) mass is 234 g/mol. The van der Waals surface area contributed by atoms with Gasteiger partial charge in [-0.2, -0.15) is 0 Å². The molecule has 2 nitrogen and oxygen atoms in total. The van der Waals surface area contributed by atoms with Gasteiger partial charge in [-0.15, -0.1) is 0 Å². The van der Waals surface area contributed by atoms with Crippen molar-refractivity contribution in [3.8, 4) is 0 Å². The standard InChI is InChI=1S/C13H18N2S/c1-3-11-6-4-5-7-12(11)15-13-14-10(2)8-9-16-13/h4-7,10H,3,8-9H2,1-2H3,(H,14,15). The molecule has 2 rings (SSSR count). The fourth-order valence-electron chi connectivity index (χ4n) is 1.76. The average Bonchev–Trinajstić information content (AvgIpc) is 2.30. The lowest BCUT2D eigenvalue weighted by Crippen LogP contribution is -2.18. The maximum Gasteiger partial charge on any atom is 0.161 e. The van der Waals surface area contributed by atoms with Crippen LogP contribution in [-0.4, -0.2) is 17.0 Å². The minimum atomic E-state index is 0.456. The van der Waals surface area contributed by atoms with Crippen molar-refractivity contribution in [3.05, 3.63) is 29.8 Å². The van der Waals surface area contributed by atoms with Gasteiger partial charge in [0.2, 0.25) is 0 Å². The Morgan fingerprint density at radius 3 is 3.00 bits per heavy atom. The molecule has 1 aromatic rings. The number of aryl methyl sites for hydroxylation is 1. The Bertz CT molecular complexity index is 387. The molecule has 1 unspecified atom stereocenters. The Morgan fingerprint density at radius 2 is 2.25 bits per heavy atom. The summed E-state index contributed by atoms with van der Waals surface area (Å²) in [7, 11) is 0. The highest BCUT2D eigenvalue weighted by atomic mass is 32.2. The van der Waals surface area contributed by atoms with Gasteiger partial charge in [-0.1, -0.05) is 36.9 Å². The third kappa shape index (κ3) is 2.79. The molecule has 0 radical (unpaired) electrons. The van der Waals surface area contributed by atoms with E-state index >= 15 is 0 Å². The number of aliphatic imine (C=N–C) groups is 1. The lowest BCUT2D eigenvalue weighted by Gasteiger charge is -2.18. The summed E-state index contributed by atoms with van der Waals surface area (Å²) >= 11 is 1.82. The molecule has 0 saturated heterocycles. The number of para-hydroxylation sites is 1. The summed E-state index contributed by atoms with van der Waals surface area (Å²) in [5.74, 6) is 1.17. The summed E-state index contributed by atoms with van der Waals surface area (Å²) in [6.07, 6.45) is 2.24. The first-order chi connectivity index (χ1) is 7.79. The Morgan fingerprint density at radius 1 is 1.44 bits per heavy atom. The first-order valence-electron chi connectivity index (χ1n) is 5.85. The summed E-state index contributed by atoms with van der Waals surface area (Å²) in [6, 6.07) is 8.90. The van der Waals surface area contributed by atoms with E-state index < -0.39 is 0 Å². The maximum atomic E-state index is 4.62. The summed E-state index contributed by atoms with van der Waals surface area (Å²) in [4.78, 5) is 4.62. The Labute approximate surface area is 102 Å². The van der Waals surface area contributed by atoms with Crippen molar-refractivity contribution in [2.24, 2.45) is 4.99 Å². The third-order valence-electron chi connectivity index (χ3n) is 2.75. The number of thioether (sulfide) groups is 1. The third-order valence-corrected chi connectivity index (χ3v) is 3.67. The molecule has 0 aliphatic carbocycles. The van der Waals surface area contributed by atoms with Crippen molar-refractivity contribution in [2.45, 2.75) is 32.7 Å². The van der Waals surface area contributed by atoms with Crippen LogP contribution >= 0.6 is 11.8 Å². The SMILES string of the molecule is CCc1ccccc1NC1=NC(C)CCS1. The second kappa shape index (κ2) is 5.39. The van der Waals surface area contributed by atoms with Crippen LogP contribution in [0.25, 0.3) is 0 Å². The van der Waals surface area contributed by atoms with E-state index in [1.165, 1.54) is 23.4 Å². The van der Waals surface area contributed by atoms with E-state index in [1.54, 1.807) is 0 Å². The summed E-state index contributed by atoms with van der Waals surface area (Å²) in [5.41, 5.74) is 2.55. The maximum absolute atomic E-state index is 4.62. The molecule has 0 spiro atoms. The quantitative estimate of drug-likeness (QED) is 0.846. The van der Waals surface area contributed by atoms with Crippen molar-refractivity contribution in [2.75, 3.05) is 11.1 Å². The molecule has 0 bridgehead atoms. The second-order valence-electron chi connectivity index (χ2n) is 4.06. The zero-order valence-electron chi connectivity index (χ0n) is 9.86. The van der Waals surface area contributed by atoms with E-state index in [0.717, 1.165) is 11.6 Å². The predicted octanol–water partition coefficient (Wildman–Crippen LogP) is 3.54. The smallest absolute Gasteiger partial charge is 0.161 e. The number of benzene rings is 1. The average molecular weight is 234 g/mol. The molecule has 1 aliphatic rings. The van der Waals surface area contributed by atoms with Crippen LogP contribution < -0.4 is 5.32 Å². The van der Waals surface area contributed by atoms with E-state index in [4.69, 9.17) is 0 Å². The molecule has 0 saturated carbocycles. The predicted molar refractivity (Wildman–Crippen MR) is 73.4 cm³/mol. The number of nitrogens with zero attached hydrogens (tertiary/aromatic N) is 1. The number of amidine groups is 1. The Balaban J connectivity index is 2.14. The first-order valence-corrected chi connectivity index (χ1v) is 6.83. The molecule has 1 heterocycles. The van der Waals surface area contributed by atoms with E-state index in [9.17, 15) is 0 Å². The van der Waals surface area contributed by atoms with Crippen LogP contribution in [-0.2, 0) is 6.42 Å². The minimum absolute atomic E-state index is 0.456. The molecular formula is C13H18N2S. The van der Waals surface area contributed by atoms with Crippen LogP contribution in [0.2, 0.25) is 0 Å². The van der Waals surface area contributed by atoms with Crippen molar-refractivity contribution in [3.63, 3.8) is 0 Å². The molecule has 1 N–H and O–H groups in total. The summed E-state index contributed by atoms with van der Waals surface area (Å²) in [5, 5.41) is 4.51. The molecule has 3 heteroatoms. The highest BCUT2D eigenvalue weighted by Crippen LogP contribution is 2.22. The van der Waals surface area contributed by atoms with E-state index in [1.807, 2.05) is 11.8 Å². The van der Waals surface area contributed by atoms with Crippen LogP contribution in [0.5, 0.6) is 0 Å². The van der Waals surface area contributed by atoms with Crippen LogP contribution in [0.4, 0.5) is 5.69 Å². The van der Waals surface area contributed by atoms with Gasteiger partial charge in [0.05, 0.1) is 6.04 Å². The van der Waals surface area contributed by atoms with Gasteiger partial charge in [-0.05, 0) is 31.4 Å². The van der Waals surface area contributed by atoms with Crippen LogP contribution in [0.3, 0.4) is 0 Å². The van der Waals surface area contributed by atoms with Gasteiger partial charge in [0.25, 0.3) is 0 Å². The molecule has 1 aliphatic heterocycles. The molecular weight excluding hydrogens is 216 g/mol. The Hall–Kier alpha value is -0.960. The zero-order chi connectivity index (χ0) is 11.4. The number of hydrogen-bond acceptors (Lipinski definition) is 3. The minimum Gasteiger partial charge on any atom is -0.335 e. The van der Waals surface area contributed by atoms with E-state index in [0.29, 0.717) is 6.04 Å². The van der Waals surface area contributed by atoms with Gasteiger partial charge in [0, 0.05) is 11.4 Å². The van der Waals surface area contributed by atoms with Crippen molar-refractivity contribution in [1.82, 2.24) is 0 Å². The lowest BCUT2D eigenvalue weighted by atomic mass is 10.1. The zero-order valence-corrected chi connectivity index (χ0v) is 10.7. The van der Waals surface area contributed by atoms with E-state index in [-0.39, 0.29) is 0 Å². The summed E-state index contributed by atoms with van der Waals surface area (Å²) in [6.45, 7) is 4.35. The molecule has 0 aromatic heterocycles. The topological polar surface area (TPSA) is 24.4 Å². The number of rotatable bonds is 2. The molecule has 16 heavy (non-hydrogen) atoms. The van der Waals surface area contributed by atoms with Crippen molar-refractivity contribution >= 4 is 22.6 Å². The van der Waals surface area contributed by atoms with Gasteiger partial charge in [-0.25, -0.2) is 0 Å². The summed E-state index contributed by atoms with van der Waals surface area (Å²) < 4.78 is 0. The van der Waals surface area contributed by atoms with Crippen LogP contribution in [0.15, 0.2) is 29.3 Å². The van der Waals surface area contributed by atoms with Gasteiger partial charge in [0.1, 0.15) is 0 Å².